The zero-order valence-corrected chi connectivity index (χ0v) is 16.6. The van der Waals surface area contributed by atoms with E-state index < -0.39 is 0 Å². The van der Waals surface area contributed by atoms with Crippen LogP contribution in [0.1, 0.15) is 23.6 Å². The molecule has 0 aliphatic carbocycles. The van der Waals surface area contributed by atoms with E-state index in [0.29, 0.717) is 6.61 Å². The van der Waals surface area contributed by atoms with Gasteiger partial charge in [0.25, 0.3) is 0 Å². The van der Waals surface area contributed by atoms with E-state index in [9.17, 15) is 4.79 Å². The van der Waals surface area contributed by atoms with Crippen molar-refractivity contribution >= 4 is 29.1 Å². The van der Waals surface area contributed by atoms with Crippen LogP contribution in [0.15, 0.2) is 78.9 Å². The summed E-state index contributed by atoms with van der Waals surface area (Å²) in [4.78, 5) is 13.7. The van der Waals surface area contributed by atoms with E-state index in [2.05, 4.69) is 79.4 Å². The molecule has 0 aliphatic heterocycles. The van der Waals surface area contributed by atoms with Gasteiger partial charge in [0.2, 0.25) is 0 Å². The Morgan fingerprint density at radius 2 is 1.21 bits per heavy atom. The second-order valence-corrected chi connectivity index (χ2v) is 6.68. The lowest BCUT2D eigenvalue weighted by atomic mass is 10.1. The number of anilines is 3. The highest BCUT2D eigenvalue weighted by Crippen LogP contribution is 2.34. The first kappa shape index (κ1) is 19.4. The topological polar surface area (TPSA) is 29.5 Å². The quantitative estimate of drug-likeness (QED) is 0.373. The van der Waals surface area contributed by atoms with E-state index in [1.54, 1.807) is 13.0 Å². The van der Waals surface area contributed by atoms with Gasteiger partial charge in [-0.1, -0.05) is 47.5 Å². The third-order valence-corrected chi connectivity index (χ3v) is 4.43. The molecule has 0 bridgehead atoms. The van der Waals surface area contributed by atoms with Crippen molar-refractivity contribution in [2.45, 2.75) is 20.8 Å². The predicted octanol–water partition coefficient (Wildman–Crippen LogP) is 6.35. The second kappa shape index (κ2) is 9.05. The highest BCUT2D eigenvalue weighted by Gasteiger charge is 2.12. The van der Waals surface area contributed by atoms with Gasteiger partial charge in [-0.15, -0.1) is 0 Å². The lowest BCUT2D eigenvalue weighted by Crippen LogP contribution is -2.09. The van der Waals surface area contributed by atoms with E-state index in [-0.39, 0.29) is 5.97 Å². The van der Waals surface area contributed by atoms with Crippen LogP contribution in [0.4, 0.5) is 17.1 Å². The number of ether oxygens (including phenoxy) is 1. The molecule has 0 spiro atoms. The maximum absolute atomic E-state index is 11.5. The number of rotatable bonds is 6. The summed E-state index contributed by atoms with van der Waals surface area (Å²) >= 11 is 0. The lowest BCUT2D eigenvalue weighted by molar-refractivity contribution is -0.137. The molecule has 0 atom stereocenters. The zero-order valence-electron chi connectivity index (χ0n) is 16.6. The lowest BCUT2D eigenvalue weighted by Gasteiger charge is -2.25. The maximum Gasteiger partial charge on any atom is 0.330 e. The molecule has 0 aromatic heterocycles. The first-order valence-electron chi connectivity index (χ1n) is 9.45. The summed E-state index contributed by atoms with van der Waals surface area (Å²) in [7, 11) is 0. The molecular formula is C25H25NO2. The fourth-order valence-electron chi connectivity index (χ4n) is 2.92. The number of nitrogens with zero attached hydrogens (tertiary/aromatic N) is 1. The van der Waals surface area contributed by atoms with Crippen molar-refractivity contribution in [1.82, 2.24) is 0 Å². The Balaban J connectivity index is 1.93. The Kier molecular flexibility index (Phi) is 6.28. The zero-order chi connectivity index (χ0) is 19.9. The summed E-state index contributed by atoms with van der Waals surface area (Å²) in [6, 6.07) is 25.1. The smallest absolute Gasteiger partial charge is 0.330 e. The van der Waals surface area contributed by atoms with Gasteiger partial charge in [0.1, 0.15) is 0 Å². The van der Waals surface area contributed by atoms with Gasteiger partial charge >= 0.3 is 5.97 Å². The van der Waals surface area contributed by atoms with Gasteiger partial charge in [-0.2, -0.15) is 0 Å². The summed E-state index contributed by atoms with van der Waals surface area (Å²) < 4.78 is 4.93. The van der Waals surface area contributed by atoms with Crippen molar-refractivity contribution in [3.8, 4) is 0 Å². The van der Waals surface area contributed by atoms with Gasteiger partial charge in [-0.25, -0.2) is 4.79 Å². The number of carbonyl (C=O) groups is 1. The average Bonchev–Trinajstić information content (AvgIpc) is 2.71. The molecule has 3 rings (SSSR count). The Hall–Kier alpha value is -3.33. The number of hydrogen-bond acceptors (Lipinski definition) is 3. The fourth-order valence-corrected chi connectivity index (χ4v) is 2.92. The summed E-state index contributed by atoms with van der Waals surface area (Å²) in [6.07, 6.45) is 3.22. The van der Waals surface area contributed by atoms with Crippen LogP contribution >= 0.6 is 0 Å². The van der Waals surface area contributed by atoms with Gasteiger partial charge in [-0.05, 0) is 68.8 Å². The maximum atomic E-state index is 11.5. The molecule has 0 saturated heterocycles. The molecule has 28 heavy (non-hydrogen) atoms. The molecule has 3 aromatic carbocycles. The molecule has 0 heterocycles. The molecule has 0 unspecified atom stereocenters. The Morgan fingerprint density at radius 3 is 1.64 bits per heavy atom. The third kappa shape index (κ3) is 4.89. The van der Waals surface area contributed by atoms with Crippen LogP contribution in [0.2, 0.25) is 0 Å². The van der Waals surface area contributed by atoms with Gasteiger partial charge in [0, 0.05) is 23.1 Å². The van der Waals surface area contributed by atoms with E-state index in [1.807, 2.05) is 12.1 Å². The van der Waals surface area contributed by atoms with Gasteiger partial charge in [0.15, 0.2) is 0 Å². The molecule has 0 saturated carbocycles. The Labute approximate surface area is 166 Å². The molecular weight excluding hydrogens is 346 g/mol. The van der Waals surface area contributed by atoms with Crippen molar-refractivity contribution in [2.24, 2.45) is 0 Å². The first-order chi connectivity index (χ1) is 13.6. The Bertz CT molecular complexity index is 894. The molecule has 0 amide bonds. The molecule has 3 heteroatoms. The molecule has 3 aromatic rings. The number of carbonyl (C=O) groups excluding carboxylic acids is 1. The van der Waals surface area contributed by atoms with Crippen molar-refractivity contribution < 1.29 is 9.53 Å². The minimum absolute atomic E-state index is 0.326. The number of benzene rings is 3. The average molecular weight is 371 g/mol. The number of hydrogen-bond donors (Lipinski definition) is 0. The monoisotopic (exact) mass is 371 g/mol. The molecule has 0 fully saturated rings. The van der Waals surface area contributed by atoms with E-state index in [0.717, 1.165) is 22.6 Å². The molecule has 0 N–H and O–H groups in total. The van der Waals surface area contributed by atoms with Crippen LogP contribution in [-0.4, -0.2) is 12.6 Å². The van der Waals surface area contributed by atoms with Gasteiger partial charge in [0.05, 0.1) is 6.61 Å². The highest BCUT2D eigenvalue weighted by molar-refractivity contribution is 5.87. The Morgan fingerprint density at radius 1 is 0.786 bits per heavy atom. The van der Waals surface area contributed by atoms with Gasteiger partial charge < -0.3 is 9.64 Å². The van der Waals surface area contributed by atoms with Crippen LogP contribution in [0.25, 0.3) is 6.08 Å². The number of esters is 1. The van der Waals surface area contributed by atoms with Crippen molar-refractivity contribution in [1.29, 1.82) is 0 Å². The summed E-state index contributed by atoms with van der Waals surface area (Å²) in [5.41, 5.74) is 6.67. The van der Waals surface area contributed by atoms with Crippen LogP contribution in [-0.2, 0) is 9.53 Å². The van der Waals surface area contributed by atoms with E-state index in [1.165, 1.54) is 17.2 Å². The van der Waals surface area contributed by atoms with Crippen molar-refractivity contribution in [3.63, 3.8) is 0 Å². The second-order valence-electron chi connectivity index (χ2n) is 6.68. The normalized spacial score (nSPS) is 10.8. The summed E-state index contributed by atoms with van der Waals surface area (Å²) in [5.74, 6) is -0.326. The van der Waals surface area contributed by atoms with E-state index in [4.69, 9.17) is 4.74 Å². The molecule has 142 valence electrons. The van der Waals surface area contributed by atoms with Crippen LogP contribution in [0, 0.1) is 13.8 Å². The first-order valence-corrected chi connectivity index (χ1v) is 9.45. The van der Waals surface area contributed by atoms with Crippen LogP contribution < -0.4 is 4.90 Å². The van der Waals surface area contributed by atoms with Crippen LogP contribution in [0.3, 0.4) is 0 Å². The van der Waals surface area contributed by atoms with Gasteiger partial charge in [-0.3, -0.25) is 0 Å². The largest absolute Gasteiger partial charge is 0.463 e. The SMILES string of the molecule is CCOC(=O)C=Cc1ccc(N(c2ccc(C)cc2)c2ccc(C)cc2)cc1. The summed E-state index contributed by atoms with van der Waals surface area (Å²) in [5, 5.41) is 0. The van der Waals surface area contributed by atoms with E-state index >= 15 is 0 Å². The molecule has 3 nitrogen and oxygen atoms in total. The van der Waals surface area contributed by atoms with Crippen molar-refractivity contribution in [2.75, 3.05) is 11.5 Å². The van der Waals surface area contributed by atoms with Crippen molar-refractivity contribution in [3.05, 3.63) is 95.6 Å². The molecule has 0 aliphatic rings. The number of aryl methyl sites for hydroxylation is 2. The predicted molar refractivity (Wildman–Crippen MR) is 116 cm³/mol. The fraction of sp³-hybridized carbons (Fsp3) is 0.160. The highest BCUT2D eigenvalue weighted by atomic mass is 16.5. The molecule has 0 radical (unpaired) electrons. The summed E-state index contributed by atoms with van der Waals surface area (Å²) in [6.45, 7) is 6.35. The third-order valence-electron chi connectivity index (χ3n) is 4.43. The standard InChI is InChI=1S/C25H25NO2/c1-4-28-25(27)18-11-21-9-16-24(17-10-21)26(22-12-5-19(2)6-13-22)23-14-7-20(3)8-15-23/h5-18H,4H2,1-3H3. The van der Waals surface area contributed by atoms with Crippen LogP contribution in [0.5, 0.6) is 0 Å². The minimum atomic E-state index is -0.326. The minimum Gasteiger partial charge on any atom is -0.463 e.